The minimum Gasteiger partial charge on any atom is -0.478 e. The molecular weight excluding hydrogens is 160 g/mol. The maximum absolute atomic E-state index is 9.25. The number of hydrogen-bond donors (Lipinski definition) is 1. The van der Waals surface area contributed by atoms with Crippen LogP contribution in [0.5, 0.6) is 0 Å². The lowest BCUT2D eigenvalue weighted by atomic mass is 10.7. The third-order valence-corrected chi connectivity index (χ3v) is 0.175. The summed E-state index contributed by atoms with van der Waals surface area (Å²) >= 11 is 0. The molecule has 74 valence electrons. The van der Waals surface area contributed by atoms with Crippen LogP contribution < -0.4 is 0 Å². The van der Waals surface area contributed by atoms with Gasteiger partial charge < -0.3 is 5.11 Å². The summed E-state index contributed by atoms with van der Waals surface area (Å²) < 4.78 is 0. The van der Waals surface area contributed by atoms with Crippen LogP contribution in [0.3, 0.4) is 0 Å². The van der Waals surface area contributed by atoms with Gasteiger partial charge in [0.15, 0.2) is 0 Å². The molecule has 0 spiro atoms. The Morgan fingerprint density at radius 3 is 1.42 bits per heavy atom. The summed E-state index contributed by atoms with van der Waals surface area (Å²) in [6, 6.07) is 0. The number of carbonyl (C=O) groups is 1. The van der Waals surface area contributed by atoms with Gasteiger partial charge in [-0.15, -0.1) is 0 Å². The molecule has 0 saturated heterocycles. The molecule has 0 rings (SSSR count). The molecule has 0 bridgehead atoms. The van der Waals surface area contributed by atoms with E-state index in [-0.39, 0.29) is 21.0 Å². The van der Waals surface area contributed by atoms with Crippen LogP contribution in [0.1, 0.15) is 28.7 Å². The van der Waals surface area contributed by atoms with Crippen LogP contribution in [-0.4, -0.2) is 17.2 Å². The first-order valence-electron chi connectivity index (χ1n) is 2.53. The lowest BCUT2D eigenvalue weighted by Crippen LogP contribution is -1.82. The van der Waals surface area contributed by atoms with E-state index in [1.807, 2.05) is 13.8 Å². The highest BCUT2D eigenvalue weighted by molar-refractivity contribution is 5.78. The Kier molecular flexibility index (Phi) is 143. The third kappa shape index (κ3) is 1420. The Morgan fingerprint density at radius 2 is 1.42 bits per heavy atom. The highest BCUT2D eigenvalue weighted by atomic mass is 16.4. The summed E-state index contributed by atoms with van der Waals surface area (Å²) in [6.07, 6.45) is 1.08. The first-order chi connectivity index (χ1) is 4.68. The molecule has 0 amide bonds. The van der Waals surface area contributed by atoms with E-state index in [9.17, 15) is 4.79 Å². The predicted octanol–water partition coefficient (Wildman–Crippen LogP) is 1.97. The molecule has 4 nitrogen and oxygen atoms in total. The van der Waals surface area contributed by atoms with Gasteiger partial charge in [-0.2, -0.15) is 9.59 Å². The first-order valence-corrected chi connectivity index (χ1v) is 2.53. The largest absolute Gasteiger partial charge is 0.478 e. The van der Waals surface area contributed by atoms with Crippen molar-refractivity contribution >= 4 is 12.1 Å². The molecule has 0 aromatic rings. The maximum Gasteiger partial charge on any atom is 0.373 e. The zero-order valence-electron chi connectivity index (χ0n) is 5.96. The minimum atomic E-state index is -0.981. The number of carboxylic acid groups (broad SMARTS) is 1. The molecule has 0 heterocycles. The van der Waals surface area contributed by atoms with E-state index >= 15 is 0 Å². The van der Waals surface area contributed by atoms with Gasteiger partial charge in [0.05, 0.1) is 0 Å². The lowest BCUT2D eigenvalue weighted by Gasteiger charge is -1.64. The van der Waals surface area contributed by atoms with Crippen LogP contribution in [0, 0.1) is 0 Å². The summed E-state index contributed by atoms with van der Waals surface area (Å²) in [5.74, 6) is -0.981. The molecule has 0 atom stereocenters. The quantitative estimate of drug-likeness (QED) is 0.623. The van der Waals surface area contributed by atoms with E-state index in [0.717, 1.165) is 6.08 Å². The van der Waals surface area contributed by atoms with Gasteiger partial charge in [-0.05, 0) is 0 Å². The predicted molar refractivity (Wildman–Crippen MR) is 47.6 cm³/mol. The number of rotatable bonds is 1. The Balaban J connectivity index is -0.0000000209. The summed E-state index contributed by atoms with van der Waals surface area (Å²) in [6.45, 7) is 6.96. The van der Waals surface area contributed by atoms with Gasteiger partial charge in [0.25, 0.3) is 0 Å². The van der Waals surface area contributed by atoms with E-state index in [2.05, 4.69) is 6.58 Å². The molecule has 0 aliphatic rings. The maximum atomic E-state index is 9.25. The molecule has 12 heavy (non-hydrogen) atoms. The van der Waals surface area contributed by atoms with Crippen molar-refractivity contribution < 1.29 is 19.5 Å². The zero-order chi connectivity index (χ0) is 8.99. The molecule has 1 N–H and O–H groups in total. The minimum absolute atomic E-state index is 0. The topological polar surface area (TPSA) is 71.4 Å². The second kappa shape index (κ2) is 54.9. The van der Waals surface area contributed by atoms with Gasteiger partial charge >= 0.3 is 12.1 Å². The van der Waals surface area contributed by atoms with Gasteiger partial charge in [-0.3, -0.25) is 0 Å². The number of carbonyl (C=O) groups excluding carboxylic acids is 2. The van der Waals surface area contributed by atoms with Crippen LogP contribution in [0.25, 0.3) is 0 Å². The van der Waals surface area contributed by atoms with Gasteiger partial charge in [-0.25, -0.2) is 4.79 Å². The number of carboxylic acids is 1. The highest BCUT2D eigenvalue weighted by Gasteiger charge is 1.73. The van der Waals surface area contributed by atoms with Crippen LogP contribution in [-0.2, 0) is 14.4 Å². The van der Waals surface area contributed by atoms with Gasteiger partial charge in [-0.1, -0.05) is 35.3 Å². The second-order valence-electron chi connectivity index (χ2n) is 0.626. The highest BCUT2D eigenvalue weighted by Crippen LogP contribution is 1.54. The van der Waals surface area contributed by atoms with Gasteiger partial charge in [0.2, 0.25) is 0 Å². The molecule has 4 heteroatoms. The second-order valence-corrected chi connectivity index (χ2v) is 0.626. The van der Waals surface area contributed by atoms with Crippen molar-refractivity contribution in [1.82, 2.24) is 0 Å². The van der Waals surface area contributed by atoms with Crippen LogP contribution >= 0.6 is 0 Å². The van der Waals surface area contributed by atoms with Gasteiger partial charge in [0, 0.05) is 6.08 Å². The van der Waals surface area contributed by atoms with E-state index in [4.69, 9.17) is 14.7 Å². The molecule has 0 aromatic carbocycles. The summed E-state index contributed by atoms with van der Waals surface area (Å²) in [4.78, 5) is 25.5. The zero-order valence-corrected chi connectivity index (χ0v) is 5.96. The van der Waals surface area contributed by atoms with E-state index in [1.165, 1.54) is 0 Å². The fourth-order valence-electron chi connectivity index (χ4n) is 0. The smallest absolute Gasteiger partial charge is 0.373 e. The molecule has 0 saturated carbocycles. The normalized spacial score (nSPS) is 3.83. The fraction of sp³-hybridized carbons (Fsp3) is 0.500. The average Bonchev–Trinajstić information content (AvgIpc) is 1.94. The van der Waals surface area contributed by atoms with Crippen molar-refractivity contribution in [1.29, 1.82) is 0 Å². The Labute approximate surface area is 73.9 Å². The molecule has 0 unspecified atom stereocenters. The van der Waals surface area contributed by atoms with E-state index < -0.39 is 5.97 Å². The SMILES string of the molecule is C.C.C=CC(=O)O.CC.O=C=O. The average molecular weight is 178 g/mol. The van der Waals surface area contributed by atoms with Gasteiger partial charge in [0.1, 0.15) is 0 Å². The van der Waals surface area contributed by atoms with Crippen molar-refractivity contribution in [2.75, 3.05) is 0 Å². The summed E-state index contributed by atoms with van der Waals surface area (Å²) in [5, 5.41) is 7.60. The van der Waals surface area contributed by atoms with Crippen molar-refractivity contribution in [3.8, 4) is 0 Å². The number of hydrogen-bond acceptors (Lipinski definition) is 3. The Morgan fingerprint density at radius 1 is 1.33 bits per heavy atom. The number of aliphatic carboxylic acids is 1. The van der Waals surface area contributed by atoms with Crippen molar-refractivity contribution in [2.24, 2.45) is 0 Å². The van der Waals surface area contributed by atoms with E-state index in [0.29, 0.717) is 0 Å². The Bertz CT molecular complexity index is 112. The lowest BCUT2D eigenvalue weighted by molar-refractivity contribution is -0.191. The monoisotopic (exact) mass is 178 g/mol. The van der Waals surface area contributed by atoms with Crippen molar-refractivity contribution in [2.45, 2.75) is 28.7 Å². The van der Waals surface area contributed by atoms with Crippen LogP contribution in [0.15, 0.2) is 12.7 Å². The molecule has 0 radical (unpaired) electrons. The van der Waals surface area contributed by atoms with E-state index in [1.54, 1.807) is 0 Å². The molecule has 0 aliphatic carbocycles. The van der Waals surface area contributed by atoms with Crippen molar-refractivity contribution in [3.63, 3.8) is 0 Å². The molecule has 0 aliphatic heterocycles. The summed E-state index contributed by atoms with van der Waals surface area (Å²) in [7, 11) is 0. The van der Waals surface area contributed by atoms with Crippen LogP contribution in [0.4, 0.5) is 0 Å². The standard InChI is InChI=1S/C3H4O2.C2H6.CO2.2CH4/c1-2-3(4)5;1-2;2-1-3;;/h2H,1H2,(H,4,5);1-2H3;;2*1H4. The molecule has 0 fully saturated rings. The van der Waals surface area contributed by atoms with Crippen LogP contribution in [0.2, 0.25) is 0 Å². The summed E-state index contributed by atoms with van der Waals surface area (Å²) in [5.41, 5.74) is 0. The Hall–Kier alpha value is -1.41. The molecular formula is C8H18O4. The van der Waals surface area contributed by atoms with Crippen molar-refractivity contribution in [3.05, 3.63) is 12.7 Å². The first kappa shape index (κ1) is 31.2. The third-order valence-electron chi connectivity index (χ3n) is 0.175. The molecule has 0 aromatic heterocycles. The fourth-order valence-corrected chi connectivity index (χ4v) is 0.